The standard InChI is InChI=1S/C9H19N/c1-5-8-9(4)10(6-2)7-3/h9H,2-3,5-8H2,1,4H3. The molecule has 0 bridgehead atoms. The van der Waals surface area contributed by atoms with Crippen molar-refractivity contribution in [3.63, 3.8) is 0 Å². The number of hydrogen-bond donors (Lipinski definition) is 0. The van der Waals surface area contributed by atoms with Gasteiger partial charge >= 0.3 is 0 Å². The van der Waals surface area contributed by atoms with Crippen molar-refractivity contribution in [1.82, 2.24) is 4.90 Å². The van der Waals surface area contributed by atoms with Gasteiger partial charge in [0.05, 0.1) is 0 Å². The van der Waals surface area contributed by atoms with Crippen LogP contribution in [0.2, 0.25) is 0 Å². The lowest BCUT2D eigenvalue weighted by Crippen LogP contribution is -2.32. The molecular formula is C9H19N. The Balaban J connectivity index is 3.53. The van der Waals surface area contributed by atoms with E-state index in [4.69, 9.17) is 0 Å². The molecule has 0 saturated carbocycles. The van der Waals surface area contributed by atoms with Crippen LogP contribution < -0.4 is 0 Å². The maximum absolute atomic E-state index is 3.85. The monoisotopic (exact) mass is 141 g/mol. The summed E-state index contributed by atoms with van der Waals surface area (Å²) in [7, 11) is 0. The third-order valence-corrected chi connectivity index (χ3v) is 1.90. The lowest BCUT2D eigenvalue weighted by atomic mass is 10.1. The summed E-state index contributed by atoms with van der Waals surface area (Å²) in [6.07, 6.45) is 2.50. The number of rotatable bonds is 5. The van der Waals surface area contributed by atoms with Crippen LogP contribution in [0.3, 0.4) is 0 Å². The molecule has 60 valence electrons. The summed E-state index contributed by atoms with van der Waals surface area (Å²) < 4.78 is 0. The molecule has 0 amide bonds. The molecule has 0 aromatic heterocycles. The van der Waals surface area contributed by atoms with Gasteiger partial charge in [-0.05, 0) is 40.3 Å². The third kappa shape index (κ3) is 3.21. The van der Waals surface area contributed by atoms with Crippen molar-refractivity contribution in [3.8, 4) is 0 Å². The summed E-state index contributed by atoms with van der Waals surface area (Å²) in [5.41, 5.74) is 0. The molecule has 0 N–H and O–H groups in total. The van der Waals surface area contributed by atoms with Crippen molar-refractivity contribution in [2.75, 3.05) is 13.1 Å². The lowest BCUT2D eigenvalue weighted by molar-refractivity contribution is 0.241. The highest BCUT2D eigenvalue weighted by atomic mass is 15.1. The van der Waals surface area contributed by atoms with E-state index in [1.165, 1.54) is 12.8 Å². The molecule has 1 atom stereocenters. The van der Waals surface area contributed by atoms with Crippen molar-refractivity contribution in [1.29, 1.82) is 0 Å². The Labute approximate surface area is 65.4 Å². The van der Waals surface area contributed by atoms with E-state index in [1.807, 2.05) is 0 Å². The fraction of sp³-hybridized carbons (Fsp3) is 0.778. The quantitative estimate of drug-likeness (QED) is 0.567. The molecule has 0 heterocycles. The molecular weight excluding hydrogens is 122 g/mol. The summed E-state index contributed by atoms with van der Waals surface area (Å²) in [5, 5.41) is 0. The first-order valence-corrected chi connectivity index (χ1v) is 4.08. The fourth-order valence-electron chi connectivity index (χ4n) is 1.15. The van der Waals surface area contributed by atoms with Crippen molar-refractivity contribution < 1.29 is 0 Å². The van der Waals surface area contributed by atoms with Crippen LogP contribution in [0, 0.1) is 13.8 Å². The fourth-order valence-corrected chi connectivity index (χ4v) is 1.15. The summed E-state index contributed by atoms with van der Waals surface area (Å²) in [6.45, 7) is 13.9. The molecule has 1 unspecified atom stereocenters. The molecule has 2 radical (unpaired) electrons. The molecule has 0 aliphatic heterocycles. The Morgan fingerprint density at radius 1 is 1.30 bits per heavy atom. The largest absolute Gasteiger partial charge is 0.301 e. The molecule has 0 aliphatic rings. The SMILES string of the molecule is [CH2]CN(C[CH2])C(C)CCC. The molecule has 0 rings (SSSR count). The van der Waals surface area contributed by atoms with Gasteiger partial charge in [-0.2, -0.15) is 0 Å². The van der Waals surface area contributed by atoms with E-state index in [-0.39, 0.29) is 0 Å². The second kappa shape index (κ2) is 5.72. The van der Waals surface area contributed by atoms with Gasteiger partial charge in [-0.3, -0.25) is 0 Å². The average Bonchev–Trinajstić information content (AvgIpc) is 1.91. The topological polar surface area (TPSA) is 3.24 Å². The van der Waals surface area contributed by atoms with E-state index in [0.29, 0.717) is 6.04 Å². The minimum absolute atomic E-state index is 0.653. The molecule has 0 fully saturated rings. The Morgan fingerprint density at radius 3 is 2.10 bits per heavy atom. The van der Waals surface area contributed by atoms with Crippen LogP contribution in [-0.2, 0) is 0 Å². The van der Waals surface area contributed by atoms with Gasteiger partial charge in [-0.1, -0.05) is 13.3 Å². The van der Waals surface area contributed by atoms with Gasteiger partial charge in [-0.25, -0.2) is 0 Å². The minimum Gasteiger partial charge on any atom is -0.301 e. The Kier molecular flexibility index (Phi) is 5.70. The van der Waals surface area contributed by atoms with Gasteiger partial charge in [0, 0.05) is 6.04 Å². The van der Waals surface area contributed by atoms with Crippen molar-refractivity contribution in [2.45, 2.75) is 32.7 Å². The predicted molar refractivity (Wildman–Crippen MR) is 46.7 cm³/mol. The zero-order valence-electron chi connectivity index (χ0n) is 7.27. The van der Waals surface area contributed by atoms with E-state index in [0.717, 1.165) is 13.1 Å². The van der Waals surface area contributed by atoms with E-state index in [9.17, 15) is 0 Å². The van der Waals surface area contributed by atoms with Crippen LogP contribution in [0.4, 0.5) is 0 Å². The molecule has 0 aliphatic carbocycles. The van der Waals surface area contributed by atoms with Gasteiger partial charge in [0.15, 0.2) is 0 Å². The van der Waals surface area contributed by atoms with Crippen LogP contribution in [-0.4, -0.2) is 24.0 Å². The highest BCUT2D eigenvalue weighted by Crippen LogP contribution is 2.04. The van der Waals surface area contributed by atoms with E-state index in [1.54, 1.807) is 0 Å². The van der Waals surface area contributed by atoms with Crippen LogP contribution in [0.25, 0.3) is 0 Å². The van der Waals surface area contributed by atoms with Gasteiger partial charge in [0.25, 0.3) is 0 Å². The molecule has 10 heavy (non-hydrogen) atoms. The van der Waals surface area contributed by atoms with Crippen LogP contribution >= 0.6 is 0 Å². The molecule has 0 aromatic rings. The first-order valence-electron chi connectivity index (χ1n) is 4.08. The molecule has 0 spiro atoms. The predicted octanol–water partition coefficient (Wildman–Crippen LogP) is 2.15. The highest BCUT2D eigenvalue weighted by Gasteiger charge is 2.07. The average molecular weight is 141 g/mol. The van der Waals surface area contributed by atoms with Crippen LogP contribution in [0.1, 0.15) is 26.7 Å². The molecule has 1 heteroatoms. The minimum atomic E-state index is 0.653. The van der Waals surface area contributed by atoms with Gasteiger partial charge in [-0.15, -0.1) is 0 Å². The zero-order chi connectivity index (χ0) is 7.98. The number of nitrogens with zero attached hydrogens (tertiary/aromatic N) is 1. The highest BCUT2D eigenvalue weighted by molar-refractivity contribution is 4.68. The maximum Gasteiger partial charge on any atom is 0.00668 e. The first kappa shape index (κ1) is 9.96. The van der Waals surface area contributed by atoms with Gasteiger partial charge in [0.2, 0.25) is 0 Å². The Bertz CT molecular complexity index is 67.1. The third-order valence-electron chi connectivity index (χ3n) is 1.90. The summed E-state index contributed by atoms with van der Waals surface area (Å²) in [4.78, 5) is 2.28. The van der Waals surface area contributed by atoms with Gasteiger partial charge in [0.1, 0.15) is 0 Å². The molecule has 0 saturated heterocycles. The summed E-state index contributed by atoms with van der Waals surface area (Å²) in [6, 6.07) is 0.653. The van der Waals surface area contributed by atoms with Crippen molar-refractivity contribution >= 4 is 0 Å². The summed E-state index contributed by atoms with van der Waals surface area (Å²) in [5.74, 6) is 0. The first-order chi connectivity index (χ1) is 4.76. The van der Waals surface area contributed by atoms with Gasteiger partial charge < -0.3 is 4.90 Å². The normalized spacial score (nSPS) is 14.1. The van der Waals surface area contributed by atoms with Crippen molar-refractivity contribution in [2.24, 2.45) is 0 Å². The summed E-state index contributed by atoms with van der Waals surface area (Å²) >= 11 is 0. The van der Waals surface area contributed by atoms with E-state index < -0.39 is 0 Å². The lowest BCUT2D eigenvalue weighted by Gasteiger charge is -2.25. The maximum atomic E-state index is 3.85. The van der Waals surface area contributed by atoms with Crippen LogP contribution in [0.15, 0.2) is 0 Å². The molecule has 0 aromatic carbocycles. The Hall–Kier alpha value is -0.0400. The smallest absolute Gasteiger partial charge is 0.00668 e. The van der Waals surface area contributed by atoms with Crippen molar-refractivity contribution in [3.05, 3.63) is 13.8 Å². The second-order valence-corrected chi connectivity index (χ2v) is 2.67. The van der Waals surface area contributed by atoms with E-state index in [2.05, 4.69) is 32.6 Å². The van der Waals surface area contributed by atoms with Crippen LogP contribution in [0.5, 0.6) is 0 Å². The number of hydrogen-bond acceptors (Lipinski definition) is 1. The molecule has 1 nitrogen and oxygen atoms in total. The zero-order valence-corrected chi connectivity index (χ0v) is 7.27. The second-order valence-electron chi connectivity index (χ2n) is 2.67. The Morgan fingerprint density at radius 2 is 1.80 bits per heavy atom. The van der Waals surface area contributed by atoms with E-state index >= 15 is 0 Å².